The van der Waals surface area contributed by atoms with Gasteiger partial charge in [-0.3, -0.25) is 0 Å². The molecule has 0 aliphatic carbocycles. The van der Waals surface area contributed by atoms with Crippen molar-refractivity contribution in [1.29, 1.82) is 0 Å². The topological polar surface area (TPSA) is 199 Å². The SMILES string of the molecule is C=CC(=O)O.C=CC(=O)O.C=CC(=O)O.C=CC(=O)OCCC(CO)(CO)CO. The van der Waals surface area contributed by atoms with E-state index in [1.54, 1.807) is 0 Å². The Balaban J connectivity index is -0.000000171. The fourth-order valence-corrected chi connectivity index (χ4v) is 0.814. The number of ether oxygens (including phenoxy) is 1. The maximum Gasteiger partial charge on any atom is 0.330 e. The molecule has 0 aliphatic rings. The minimum Gasteiger partial charge on any atom is -0.478 e. The monoisotopic (exact) mass is 420 g/mol. The van der Waals surface area contributed by atoms with Gasteiger partial charge in [0.1, 0.15) is 0 Å². The van der Waals surface area contributed by atoms with Crippen LogP contribution in [0.25, 0.3) is 0 Å². The van der Waals surface area contributed by atoms with Crippen LogP contribution in [-0.2, 0) is 23.9 Å². The molecule has 0 aromatic carbocycles. The maximum absolute atomic E-state index is 10.6. The average Bonchev–Trinajstić information content (AvgIpc) is 2.72. The van der Waals surface area contributed by atoms with Crippen molar-refractivity contribution in [3.63, 3.8) is 0 Å². The van der Waals surface area contributed by atoms with E-state index >= 15 is 0 Å². The number of carbonyl (C=O) groups excluding carboxylic acids is 1. The van der Waals surface area contributed by atoms with Crippen LogP contribution in [-0.4, -0.2) is 80.9 Å². The first kappa shape index (κ1) is 33.3. The number of aliphatic hydroxyl groups is 3. The van der Waals surface area contributed by atoms with Crippen LogP contribution >= 0.6 is 0 Å². The summed E-state index contributed by atoms with van der Waals surface area (Å²) in [5.74, 6) is -3.51. The average molecular weight is 420 g/mol. The van der Waals surface area contributed by atoms with Crippen molar-refractivity contribution >= 4 is 23.9 Å². The van der Waals surface area contributed by atoms with E-state index in [-0.39, 0.29) is 32.8 Å². The number of esters is 1. The van der Waals surface area contributed by atoms with Gasteiger partial charge in [-0.25, -0.2) is 19.2 Å². The van der Waals surface area contributed by atoms with Crippen molar-refractivity contribution in [3.8, 4) is 0 Å². The Kier molecular flexibility index (Phi) is 26.1. The number of aliphatic carboxylic acids is 3. The van der Waals surface area contributed by atoms with Gasteiger partial charge in [0.2, 0.25) is 0 Å². The standard InChI is InChI=1S/C9H16O5.3C3H4O2/c1-2-8(13)14-4-3-9(5-10,6-11)7-12;3*1-2-3(4)5/h2,10-12H,1,3-7H2;3*2H,1H2,(H,4,5). The van der Waals surface area contributed by atoms with Gasteiger partial charge in [-0.2, -0.15) is 0 Å². The number of hydrogen-bond acceptors (Lipinski definition) is 8. The third kappa shape index (κ3) is 29.7. The molecule has 0 heterocycles. The van der Waals surface area contributed by atoms with Crippen molar-refractivity contribution in [1.82, 2.24) is 0 Å². The fourth-order valence-electron chi connectivity index (χ4n) is 0.814. The summed E-state index contributed by atoms with van der Waals surface area (Å²) in [6.45, 7) is 11.1. The zero-order valence-corrected chi connectivity index (χ0v) is 15.9. The summed E-state index contributed by atoms with van der Waals surface area (Å²) in [4.78, 5) is 38.4. The Morgan fingerprint density at radius 2 is 0.966 bits per heavy atom. The van der Waals surface area contributed by atoms with Gasteiger partial charge in [0.15, 0.2) is 0 Å². The van der Waals surface area contributed by atoms with Gasteiger partial charge >= 0.3 is 23.9 Å². The third-order valence-electron chi connectivity index (χ3n) is 2.57. The van der Waals surface area contributed by atoms with E-state index < -0.39 is 29.3 Å². The summed E-state index contributed by atoms with van der Waals surface area (Å²) in [6.07, 6.45) is 3.73. The molecule has 0 unspecified atom stereocenters. The zero-order valence-electron chi connectivity index (χ0n) is 15.9. The maximum atomic E-state index is 10.6. The third-order valence-corrected chi connectivity index (χ3v) is 2.57. The van der Waals surface area contributed by atoms with E-state index in [2.05, 4.69) is 31.1 Å². The normalized spacial score (nSPS) is 8.66. The molecule has 0 fully saturated rings. The Bertz CT molecular complexity index is 483. The van der Waals surface area contributed by atoms with E-state index in [9.17, 15) is 19.2 Å². The number of aliphatic hydroxyl groups excluding tert-OH is 3. The molecule has 0 aliphatic heterocycles. The summed E-state index contributed by atoms with van der Waals surface area (Å²) >= 11 is 0. The Morgan fingerprint density at radius 1 is 0.690 bits per heavy atom. The van der Waals surface area contributed by atoms with Crippen LogP contribution in [0.1, 0.15) is 6.42 Å². The van der Waals surface area contributed by atoms with Gasteiger partial charge in [-0.1, -0.05) is 26.3 Å². The Labute approximate surface area is 168 Å². The first-order chi connectivity index (χ1) is 13.4. The number of rotatable bonds is 10. The summed E-state index contributed by atoms with van der Waals surface area (Å²) in [7, 11) is 0. The van der Waals surface area contributed by atoms with Crippen LogP contribution in [0.2, 0.25) is 0 Å². The largest absolute Gasteiger partial charge is 0.478 e. The van der Waals surface area contributed by atoms with Crippen LogP contribution in [0, 0.1) is 5.41 Å². The summed E-state index contributed by atoms with van der Waals surface area (Å²) in [5, 5.41) is 49.6. The number of carbonyl (C=O) groups is 4. The fraction of sp³-hybridized carbons (Fsp3) is 0.333. The summed E-state index contributed by atoms with van der Waals surface area (Å²) in [5.41, 5.74) is -0.985. The molecule has 0 radical (unpaired) electrons. The molecule has 0 saturated carbocycles. The predicted octanol–water partition coefficient (Wildman–Crippen LogP) is -0.160. The van der Waals surface area contributed by atoms with Crippen LogP contribution in [0.4, 0.5) is 0 Å². The molecule has 0 rings (SSSR count). The van der Waals surface area contributed by atoms with Crippen molar-refractivity contribution in [3.05, 3.63) is 50.6 Å². The Hall–Kier alpha value is -3.28. The lowest BCUT2D eigenvalue weighted by atomic mass is 9.88. The first-order valence-corrected chi connectivity index (χ1v) is 7.63. The molecule has 166 valence electrons. The molecular weight excluding hydrogens is 392 g/mol. The minimum absolute atomic E-state index is 0.0343. The van der Waals surface area contributed by atoms with E-state index in [0.717, 1.165) is 24.3 Å². The molecule has 0 atom stereocenters. The van der Waals surface area contributed by atoms with Crippen molar-refractivity contribution in [2.45, 2.75) is 6.42 Å². The quantitative estimate of drug-likeness (QED) is 0.203. The second-order valence-electron chi connectivity index (χ2n) is 4.72. The second-order valence-corrected chi connectivity index (χ2v) is 4.72. The van der Waals surface area contributed by atoms with Crippen LogP contribution in [0.15, 0.2) is 50.6 Å². The van der Waals surface area contributed by atoms with Crippen molar-refractivity contribution < 1.29 is 54.6 Å². The van der Waals surface area contributed by atoms with Gasteiger partial charge in [-0.15, -0.1) is 0 Å². The lowest BCUT2D eigenvalue weighted by molar-refractivity contribution is -0.139. The smallest absolute Gasteiger partial charge is 0.330 e. The Morgan fingerprint density at radius 3 is 1.14 bits per heavy atom. The van der Waals surface area contributed by atoms with Gasteiger partial charge in [0.25, 0.3) is 0 Å². The number of carboxylic acids is 3. The van der Waals surface area contributed by atoms with Crippen molar-refractivity contribution in [2.24, 2.45) is 5.41 Å². The second kappa shape index (κ2) is 22.8. The van der Waals surface area contributed by atoms with Crippen LogP contribution in [0.5, 0.6) is 0 Å². The predicted molar refractivity (Wildman–Crippen MR) is 103 cm³/mol. The molecule has 0 bridgehead atoms. The molecule has 29 heavy (non-hydrogen) atoms. The van der Waals surface area contributed by atoms with Gasteiger partial charge in [0, 0.05) is 29.7 Å². The van der Waals surface area contributed by atoms with E-state index in [1.165, 1.54) is 0 Å². The molecule has 0 spiro atoms. The lowest BCUT2D eigenvalue weighted by Crippen LogP contribution is -2.35. The van der Waals surface area contributed by atoms with Gasteiger partial charge in [-0.05, 0) is 6.42 Å². The minimum atomic E-state index is -0.985. The molecule has 11 heteroatoms. The van der Waals surface area contributed by atoms with E-state index in [1.807, 2.05) is 0 Å². The first-order valence-electron chi connectivity index (χ1n) is 7.63. The molecule has 0 aromatic heterocycles. The molecule has 0 amide bonds. The summed E-state index contributed by atoms with van der Waals surface area (Å²) in [6, 6.07) is 0. The van der Waals surface area contributed by atoms with Crippen molar-refractivity contribution in [2.75, 3.05) is 26.4 Å². The molecular formula is C18H28O11. The molecule has 11 nitrogen and oxygen atoms in total. The highest BCUT2D eigenvalue weighted by Gasteiger charge is 2.28. The van der Waals surface area contributed by atoms with E-state index in [0.29, 0.717) is 0 Å². The van der Waals surface area contributed by atoms with E-state index in [4.69, 9.17) is 30.6 Å². The number of carboxylic acid groups (broad SMARTS) is 3. The highest BCUT2D eigenvalue weighted by Crippen LogP contribution is 2.19. The molecule has 6 N–H and O–H groups in total. The van der Waals surface area contributed by atoms with Gasteiger partial charge < -0.3 is 35.4 Å². The van der Waals surface area contributed by atoms with Crippen LogP contribution in [0.3, 0.4) is 0 Å². The van der Waals surface area contributed by atoms with Gasteiger partial charge in [0.05, 0.1) is 26.4 Å². The summed E-state index contributed by atoms with van der Waals surface area (Å²) < 4.78 is 4.66. The highest BCUT2D eigenvalue weighted by molar-refractivity contribution is 5.81. The van der Waals surface area contributed by atoms with Crippen LogP contribution < -0.4 is 0 Å². The lowest BCUT2D eigenvalue weighted by Gasteiger charge is -2.26. The molecule has 0 saturated heterocycles. The zero-order chi connectivity index (χ0) is 23.9. The number of hydrogen-bond donors (Lipinski definition) is 6. The highest BCUT2D eigenvalue weighted by atomic mass is 16.5. The molecule has 0 aromatic rings.